The molecule has 33 heavy (non-hydrogen) atoms. The molecule has 3 fully saturated rings. The molecule has 178 valence electrons. The van der Waals surface area contributed by atoms with Crippen molar-refractivity contribution in [1.82, 2.24) is 9.88 Å². The topological polar surface area (TPSA) is 118 Å². The fraction of sp³-hybridized carbons (Fsp3) is 0.625. The minimum Gasteiger partial charge on any atom is -0.493 e. The average Bonchev–Trinajstić information content (AvgIpc) is 3.10. The Morgan fingerprint density at radius 3 is 2.73 bits per heavy atom. The third kappa shape index (κ3) is 4.58. The van der Waals surface area contributed by atoms with Gasteiger partial charge in [-0.15, -0.1) is 12.3 Å². The number of aromatic nitrogens is 1. The van der Waals surface area contributed by atoms with Crippen molar-refractivity contribution in [2.75, 3.05) is 31.6 Å². The van der Waals surface area contributed by atoms with Crippen LogP contribution in [0, 0.1) is 17.8 Å². The largest absolute Gasteiger partial charge is 0.493 e. The van der Waals surface area contributed by atoms with Gasteiger partial charge in [-0.3, -0.25) is 4.79 Å². The van der Waals surface area contributed by atoms with Crippen LogP contribution >= 0.6 is 0 Å². The molecule has 1 aromatic rings. The number of carbonyl (C=O) groups excluding carboxylic acids is 2. The predicted octanol–water partition coefficient (Wildman–Crippen LogP) is 1.85. The lowest BCUT2D eigenvalue weighted by molar-refractivity contribution is -0.139. The molecular formula is C24H32N4O5. The molecule has 1 spiro atoms. The summed E-state index contributed by atoms with van der Waals surface area (Å²) in [4.78, 5) is 33.8. The van der Waals surface area contributed by atoms with Crippen molar-refractivity contribution < 1.29 is 24.2 Å². The maximum absolute atomic E-state index is 13.6. The maximum atomic E-state index is 13.6. The van der Waals surface area contributed by atoms with E-state index in [-0.39, 0.29) is 30.2 Å². The second kappa shape index (κ2) is 9.48. The molecule has 2 aliphatic heterocycles. The first-order valence-corrected chi connectivity index (χ1v) is 11.6. The Balaban J connectivity index is 1.58. The van der Waals surface area contributed by atoms with Gasteiger partial charge in [0.05, 0.1) is 30.7 Å². The first kappa shape index (κ1) is 23.2. The van der Waals surface area contributed by atoms with Gasteiger partial charge in [-0.05, 0) is 44.9 Å². The average molecular weight is 457 g/mol. The van der Waals surface area contributed by atoms with Crippen molar-refractivity contribution in [2.24, 2.45) is 11.1 Å². The number of pyridine rings is 1. The molecule has 9 nitrogen and oxygen atoms in total. The third-order valence-corrected chi connectivity index (χ3v) is 7.24. The normalized spacial score (nSPS) is 27.5. The molecule has 2 saturated heterocycles. The van der Waals surface area contributed by atoms with E-state index in [2.05, 4.69) is 15.8 Å². The van der Waals surface area contributed by atoms with Crippen LogP contribution in [-0.2, 0) is 11.2 Å². The van der Waals surface area contributed by atoms with Gasteiger partial charge in [-0.25, -0.2) is 9.78 Å². The molecule has 3 aliphatic rings. The number of hydrogen-bond acceptors (Lipinski definition) is 7. The molecule has 1 aromatic heterocycles. The van der Waals surface area contributed by atoms with Crippen LogP contribution in [0.2, 0.25) is 0 Å². The minimum absolute atomic E-state index is 0.166. The number of likely N-dealkylation sites (tertiary alicyclic amines) is 1. The Morgan fingerprint density at radius 1 is 1.30 bits per heavy atom. The van der Waals surface area contributed by atoms with Gasteiger partial charge in [0, 0.05) is 31.7 Å². The molecule has 0 bridgehead atoms. The summed E-state index contributed by atoms with van der Waals surface area (Å²) in [6, 6.07) is 1.80. The van der Waals surface area contributed by atoms with Crippen molar-refractivity contribution in [1.29, 1.82) is 0 Å². The van der Waals surface area contributed by atoms with E-state index in [1.165, 1.54) is 7.11 Å². The van der Waals surface area contributed by atoms with Crippen LogP contribution in [0.15, 0.2) is 6.07 Å². The standard InChI is InChI=1S/C24H32N4O5/c1-3-5-18-19(33-23(25)31)14-20(32-2)21(26-18)27-12-4-10-24(15-27)11-13-28(22(24)30)16-6-8-17(29)9-7-16/h1,14,16-17,29H,4-13,15H2,2H3,(H2,25,31)/t16?,17?,24-/m1/s1. The predicted molar refractivity (Wildman–Crippen MR) is 122 cm³/mol. The number of aliphatic hydroxyl groups is 1. The molecule has 2 amide bonds. The fourth-order valence-electron chi connectivity index (χ4n) is 5.56. The second-order valence-electron chi connectivity index (χ2n) is 9.28. The van der Waals surface area contributed by atoms with E-state index in [4.69, 9.17) is 21.6 Å². The number of methoxy groups -OCH3 is 1. The minimum atomic E-state index is -0.950. The summed E-state index contributed by atoms with van der Waals surface area (Å²) in [6.07, 6.45) is 10.2. The van der Waals surface area contributed by atoms with E-state index in [1.807, 2.05) is 4.90 Å². The van der Waals surface area contributed by atoms with Crippen molar-refractivity contribution in [3.8, 4) is 23.8 Å². The summed E-state index contributed by atoms with van der Waals surface area (Å²) in [5.41, 5.74) is 5.16. The molecule has 3 heterocycles. The van der Waals surface area contributed by atoms with Gasteiger partial charge >= 0.3 is 6.09 Å². The van der Waals surface area contributed by atoms with Gasteiger partial charge in [0.1, 0.15) is 0 Å². The highest BCUT2D eigenvalue weighted by molar-refractivity contribution is 5.86. The highest BCUT2D eigenvalue weighted by Crippen LogP contribution is 2.45. The number of aliphatic hydroxyl groups excluding tert-OH is 1. The molecule has 1 saturated carbocycles. The van der Waals surface area contributed by atoms with Gasteiger partial charge < -0.3 is 30.1 Å². The number of nitrogens with two attached hydrogens (primary N) is 1. The van der Waals surface area contributed by atoms with Crippen LogP contribution in [-0.4, -0.2) is 65.9 Å². The van der Waals surface area contributed by atoms with E-state index in [0.717, 1.165) is 58.0 Å². The van der Waals surface area contributed by atoms with E-state index >= 15 is 0 Å². The van der Waals surface area contributed by atoms with Crippen molar-refractivity contribution in [2.45, 2.75) is 63.5 Å². The molecule has 1 atom stereocenters. The van der Waals surface area contributed by atoms with Crippen LogP contribution in [0.4, 0.5) is 10.6 Å². The third-order valence-electron chi connectivity index (χ3n) is 7.24. The highest BCUT2D eigenvalue weighted by atomic mass is 16.5. The van der Waals surface area contributed by atoms with Crippen LogP contribution < -0.4 is 20.1 Å². The smallest absolute Gasteiger partial charge is 0.410 e. The molecule has 9 heteroatoms. The molecule has 0 radical (unpaired) electrons. The summed E-state index contributed by atoms with van der Waals surface area (Å²) in [5.74, 6) is 3.95. The van der Waals surface area contributed by atoms with Crippen LogP contribution in [0.3, 0.4) is 0 Å². The number of amides is 2. The number of piperidine rings is 1. The van der Waals surface area contributed by atoms with Gasteiger partial charge in [-0.2, -0.15) is 0 Å². The fourth-order valence-corrected chi connectivity index (χ4v) is 5.56. The zero-order chi connectivity index (χ0) is 23.6. The van der Waals surface area contributed by atoms with Gasteiger partial charge in [0.15, 0.2) is 17.3 Å². The molecular weight excluding hydrogens is 424 g/mol. The van der Waals surface area contributed by atoms with Crippen LogP contribution in [0.5, 0.6) is 11.5 Å². The lowest BCUT2D eigenvalue weighted by atomic mass is 9.78. The number of nitrogens with zero attached hydrogens (tertiary/aromatic N) is 3. The Labute approximate surface area is 194 Å². The lowest BCUT2D eigenvalue weighted by Gasteiger charge is -2.41. The summed E-state index contributed by atoms with van der Waals surface area (Å²) in [7, 11) is 1.52. The second-order valence-corrected chi connectivity index (χ2v) is 9.28. The Kier molecular flexibility index (Phi) is 6.66. The first-order chi connectivity index (χ1) is 15.9. The quantitative estimate of drug-likeness (QED) is 0.649. The summed E-state index contributed by atoms with van der Waals surface area (Å²) in [5, 5.41) is 9.84. The zero-order valence-electron chi connectivity index (χ0n) is 19.1. The van der Waals surface area contributed by atoms with Crippen LogP contribution in [0.1, 0.15) is 50.6 Å². The van der Waals surface area contributed by atoms with E-state index < -0.39 is 11.5 Å². The summed E-state index contributed by atoms with van der Waals surface area (Å²) >= 11 is 0. The molecule has 0 unspecified atom stereocenters. The Bertz CT molecular complexity index is 953. The molecule has 3 N–H and O–H groups in total. The number of hydrogen-bond donors (Lipinski definition) is 2. The highest BCUT2D eigenvalue weighted by Gasteiger charge is 2.51. The molecule has 0 aromatic carbocycles. The van der Waals surface area contributed by atoms with E-state index in [1.54, 1.807) is 6.07 Å². The first-order valence-electron chi connectivity index (χ1n) is 11.6. The number of carbonyl (C=O) groups is 2. The van der Waals surface area contributed by atoms with Gasteiger partial charge in [0.25, 0.3) is 0 Å². The molecule has 1 aliphatic carbocycles. The number of terminal acetylenes is 1. The van der Waals surface area contributed by atoms with Crippen molar-refractivity contribution in [3.05, 3.63) is 11.8 Å². The number of rotatable bonds is 5. The van der Waals surface area contributed by atoms with Crippen molar-refractivity contribution in [3.63, 3.8) is 0 Å². The van der Waals surface area contributed by atoms with Crippen LogP contribution in [0.25, 0.3) is 0 Å². The maximum Gasteiger partial charge on any atom is 0.410 e. The lowest BCUT2D eigenvalue weighted by Crippen LogP contribution is -2.50. The number of primary amides is 1. The van der Waals surface area contributed by atoms with Gasteiger partial charge in [-0.1, -0.05) is 0 Å². The van der Waals surface area contributed by atoms with E-state index in [9.17, 15) is 14.7 Å². The number of anilines is 1. The molecule has 4 rings (SSSR count). The van der Waals surface area contributed by atoms with E-state index in [0.29, 0.717) is 23.8 Å². The monoisotopic (exact) mass is 456 g/mol. The Hall–Kier alpha value is -2.99. The SMILES string of the molecule is C#CCc1nc(N2CCC[C@@]3(CCN(C4CCC(O)CC4)C3=O)C2)c(OC)cc1OC(N)=O. The summed E-state index contributed by atoms with van der Waals surface area (Å²) < 4.78 is 10.6. The van der Waals surface area contributed by atoms with Gasteiger partial charge in [0.2, 0.25) is 5.91 Å². The zero-order valence-corrected chi connectivity index (χ0v) is 19.1. The van der Waals surface area contributed by atoms with Crippen molar-refractivity contribution >= 4 is 17.8 Å². The summed E-state index contributed by atoms with van der Waals surface area (Å²) in [6.45, 7) is 2.04. The Morgan fingerprint density at radius 2 is 2.06 bits per heavy atom. The number of ether oxygens (including phenoxy) is 2.